The number of nitrogens with one attached hydrogen (secondary N) is 5. The zero-order valence-electron chi connectivity index (χ0n) is 36.9. The SMILES string of the molecule is CC(=O)N[C@@H](CO)C(=O)N[C@@H](Cc1ccc([N+](=O)[O-])cc1)C(=O)N[C@@H](CC(C)C)C(=O)N[C@@H](CCCN=C(N)N)C(=O)c1nc2ccc(C(=O)N[C@H](C(N)=O)C(C)C)cc2s1.S.S.S.S.S. The first-order valence-corrected chi connectivity index (χ1v) is 20.1. The van der Waals surface area contributed by atoms with Crippen LogP contribution < -0.4 is 43.8 Å². The summed E-state index contributed by atoms with van der Waals surface area (Å²) in [5, 5.41) is 33.8. The van der Waals surface area contributed by atoms with Crippen molar-refractivity contribution in [3.8, 4) is 0 Å². The van der Waals surface area contributed by atoms with Crippen molar-refractivity contribution in [3.05, 3.63) is 68.7 Å². The summed E-state index contributed by atoms with van der Waals surface area (Å²) in [6, 6.07) is 3.56. The molecule has 0 spiro atoms. The van der Waals surface area contributed by atoms with Gasteiger partial charge >= 0.3 is 0 Å². The molecule has 0 aliphatic heterocycles. The fourth-order valence-electron chi connectivity index (χ4n) is 6.04. The average Bonchev–Trinajstić information content (AvgIpc) is 3.62. The minimum absolute atomic E-state index is 0. The number of hydrogen-bond acceptors (Lipinski definition) is 13. The number of fused-ring (bicyclic) bond motifs is 1. The van der Waals surface area contributed by atoms with Gasteiger partial charge in [0.15, 0.2) is 11.0 Å². The number of benzene rings is 2. The second kappa shape index (κ2) is 31.2. The summed E-state index contributed by atoms with van der Waals surface area (Å²) in [5.74, 6) is -5.57. The van der Waals surface area contributed by atoms with Crippen molar-refractivity contribution >= 4 is 142 Å². The highest BCUT2D eigenvalue weighted by atomic mass is 32.1. The quantitative estimate of drug-likeness (QED) is 0.0156. The first-order chi connectivity index (χ1) is 28.7. The smallest absolute Gasteiger partial charge is 0.269 e. The Morgan fingerprint density at radius 1 is 0.788 bits per heavy atom. The molecule has 0 aliphatic carbocycles. The van der Waals surface area contributed by atoms with Crippen LogP contribution in [0.15, 0.2) is 47.5 Å². The van der Waals surface area contributed by atoms with E-state index in [-0.39, 0.29) is 134 Å². The van der Waals surface area contributed by atoms with Gasteiger partial charge in [0.25, 0.3) is 11.6 Å². The summed E-state index contributed by atoms with van der Waals surface area (Å²) in [6.45, 7) is 7.52. The third kappa shape index (κ3) is 20.4. The number of nitro groups is 1. The van der Waals surface area contributed by atoms with Gasteiger partial charge in [-0.2, -0.15) is 67.5 Å². The Balaban J connectivity index is -0.00000794. The van der Waals surface area contributed by atoms with Gasteiger partial charge in [0.05, 0.1) is 27.8 Å². The Hall–Kier alpha value is -4.80. The summed E-state index contributed by atoms with van der Waals surface area (Å²) in [5.41, 5.74) is 17.2. The number of amides is 6. The molecule has 1 aromatic heterocycles. The van der Waals surface area contributed by atoms with Crippen LogP contribution in [-0.2, 0) is 30.4 Å². The van der Waals surface area contributed by atoms with Crippen LogP contribution in [0.5, 0.6) is 0 Å². The maximum atomic E-state index is 14.1. The number of carbonyl (C=O) groups excluding carboxylic acids is 7. The van der Waals surface area contributed by atoms with E-state index < -0.39 is 83.0 Å². The lowest BCUT2D eigenvalue weighted by Gasteiger charge is -2.27. The van der Waals surface area contributed by atoms with Crippen molar-refractivity contribution in [1.82, 2.24) is 31.6 Å². The van der Waals surface area contributed by atoms with Crippen LogP contribution in [-0.4, -0.2) is 106 Å². The Bertz CT molecular complexity index is 2140. The number of aliphatic imine (C=N–C) groups is 1. The third-order valence-electron chi connectivity index (χ3n) is 9.14. The third-order valence-corrected chi connectivity index (χ3v) is 10.2. The van der Waals surface area contributed by atoms with Crippen LogP contribution in [0, 0.1) is 22.0 Å². The second-order valence-corrected chi connectivity index (χ2v) is 16.0. The Labute approximate surface area is 421 Å². The van der Waals surface area contributed by atoms with Gasteiger partial charge in [0, 0.05) is 37.6 Å². The van der Waals surface area contributed by atoms with E-state index in [4.69, 9.17) is 17.2 Å². The number of aliphatic hydroxyl groups excluding tert-OH is 1. The Morgan fingerprint density at radius 3 is 1.86 bits per heavy atom. The highest BCUT2D eigenvalue weighted by Gasteiger charge is 2.33. The van der Waals surface area contributed by atoms with E-state index in [1.807, 2.05) is 0 Å². The second-order valence-electron chi connectivity index (χ2n) is 15.0. The first kappa shape index (κ1) is 65.5. The van der Waals surface area contributed by atoms with E-state index in [1.165, 1.54) is 42.5 Å². The standard InChI is InChI=1S/C39H53N11O10S.5H2S/c1-19(2)15-27(46-36(57)28(47-37(58)29(18-51)44-21(5)52)16-22-8-11-24(12-9-22)50(59)60)35(56)45-26(7-6-14-43-39(41)42)32(53)38-48-25-13-10-23(17-30(25)61-38)34(55)49-31(20(3)4)33(40)54;;;;;/h8-13,17,19-20,26-29,31,51H,6-7,14-16,18H2,1-5H3,(H2,40,54)(H,44,52)(H,45,56)(H,46,57)(H,47,58)(H,49,55)(H4,41,42,43);5*1H2/t26-,27-,28-,29-,31-;;;;;/m0...../s1. The number of nitrogens with zero attached hydrogens (tertiary/aromatic N) is 3. The molecule has 0 unspecified atom stereocenters. The molecule has 12 N–H and O–H groups in total. The normalized spacial score (nSPS) is 12.5. The Kier molecular flexibility index (Phi) is 31.0. The van der Waals surface area contributed by atoms with Gasteiger partial charge in [0.1, 0.15) is 24.2 Å². The number of carbonyl (C=O) groups is 7. The molecule has 0 bridgehead atoms. The highest BCUT2D eigenvalue weighted by Crippen LogP contribution is 2.25. The number of rotatable bonds is 23. The molecule has 5 atom stereocenters. The Morgan fingerprint density at radius 2 is 1.35 bits per heavy atom. The lowest BCUT2D eigenvalue weighted by molar-refractivity contribution is -0.384. The largest absolute Gasteiger partial charge is 0.394 e. The maximum Gasteiger partial charge on any atom is 0.269 e. The van der Waals surface area contributed by atoms with Gasteiger partial charge in [-0.3, -0.25) is 48.7 Å². The molecular formula is C39H63N11O10S6. The van der Waals surface area contributed by atoms with E-state index in [2.05, 4.69) is 36.6 Å². The van der Waals surface area contributed by atoms with E-state index in [0.29, 0.717) is 15.8 Å². The van der Waals surface area contributed by atoms with Crippen molar-refractivity contribution in [2.45, 2.75) is 90.5 Å². The maximum absolute atomic E-state index is 14.1. The number of thiazole rings is 1. The fraction of sp³-hybridized carbons (Fsp3) is 0.462. The summed E-state index contributed by atoms with van der Waals surface area (Å²) in [4.78, 5) is 111. The van der Waals surface area contributed by atoms with Gasteiger partial charge in [-0.05, 0) is 54.9 Å². The van der Waals surface area contributed by atoms with Gasteiger partial charge in [-0.15, -0.1) is 11.3 Å². The molecule has 66 heavy (non-hydrogen) atoms. The number of non-ortho nitro benzene ring substituents is 1. The van der Waals surface area contributed by atoms with E-state index in [0.717, 1.165) is 18.3 Å². The molecule has 370 valence electrons. The number of guanidine groups is 1. The molecule has 6 amide bonds. The van der Waals surface area contributed by atoms with Crippen LogP contribution >= 0.6 is 78.8 Å². The molecule has 0 saturated heterocycles. The van der Waals surface area contributed by atoms with Crippen LogP contribution in [0.25, 0.3) is 10.2 Å². The predicted molar refractivity (Wildman–Crippen MR) is 278 cm³/mol. The summed E-state index contributed by atoms with van der Waals surface area (Å²) < 4.78 is 0.467. The number of nitro benzene ring substituents is 1. The van der Waals surface area contributed by atoms with E-state index in [9.17, 15) is 48.8 Å². The molecule has 3 aromatic rings. The minimum Gasteiger partial charge on any atom is -0.394 e. The molecule has 1 heterocycles. The number of ketones is 1. The fourth-order valence-corrected chi connectivity index (χ4v) is 7.04. The molecule has 27 heteroatoms. The lowest BCUT2D eigenvalue weighted by atomic mass is 9.99. The van der Waals surface area contributed by atoms with Gasteiger partial charge in [-0.25, -0.2) is 4.98 Å². The van der Waals surface area contributed by atoms with Crippen LogP contribution in [0.1, 0.15) is 79.6 Å². The molecule has 0 saturated carbocycles. The van der Waals surface area contributed by atoms with Crippen molar-refractivity contribution < 1.29 is 43.6 Å². The van der Waals surface area contributed by atoms with Crippen molar-refractivity contribution in [2.24, 2.45) is 34.0 Å². The first-order valence-electron chi connectivity index (χ1n) is 19.3. The summed E-state index contributed by atoms with van der Waals surface area (Å²) >= 11 is 0.976. The van der Waals surface area contributed by atoms with E-state index in [1.54, 1.807) is 27.7 Å². The average molecular weight is 1040 g/mol. The number of aromatic nitrogens is 1. The predicted octanol–water partition coefficient (Wildman–Crippen LogP) is 0.485. The number of Topliss-reactive ketones (excluding diaryl/α,β-unsaturated/α-hetero) is 1. The zero-order chi connectivity index (χ0) is 45.6. The topological polar surface area (TPSA) is 346 Å². The van der Waals surface area contributed by atoms with Gasteiger partial charge in [-0.1, -0.05) is 39.8 Å². The minimum atomic E-state index is -1.42. The lowest BCUT2D eigenvalue weighted by Crippen LogP contribution is -2.58. The van der Waals surface area contributed by atoms with Gasteiger partial charge in [0.2, 0.25) is 35.3 Å². The summed E-state index contributed by atoms with van der Waals surface area (Å²) in [6.07, 6.45) is 0.155. The van der Waals surface area contributed by atoms with E-state index >= 15 is 0 Å². The molecule has 3 rings (SSSR count). The van der Waals surface area contributed by atoms with Crippen molar-refractivity contribution in [3.63, 3.8) is 0 Å². The van der Waals surface area contributed by atoms with Crippen LogP contribution in [0.2, 0.25) is 0 Å². The number of nitrogens with two attached hydrogens (primary N) is 3. The molecule has 0 fully saturated rings. The van der Waals surface area contributed by atoms with Gasteiger partial charge < -0.3 is 48.9 Å². The molecule has 0 aliphatic rings. The van der Waals surface area contributed by atoms with Crippen LogP contribution in [0.4, 0.5) is 5.69 Å². The molecular weight excluding hydrogens is 975 g/mol. The monoisotopic (exact) mass is 1040 g/mol. The summed E-state index contributed by atoms with van der Waals surface area (Å²) in [7, 11) is 0. The molecule has 2 aromatic carbocycles. The molecule has 21 nitrogen and oxygen atoms in total. The molecule has 0 radical (unpaired) electrons. The zero-order valence-corrected chi connectivity index (χ0v) is 42.7. The van der Waals surface area contributed by atoms with Crippen molar-refractivity contribution in [1.29, 1.82) is 0 Å². The number of hydrogen-bond donors (Lipinski definition) is 9. The number of aliphatic hydroxyl groups is 1. The van der Waals surface area contributed by atoms with Crippen molar-refractivity contribution in [2.75, 3.05) is 13.2 Å². The number of primary amides is 1. The van der Waals surface area contributed by atoms with Crippen LogP contribution in [0.3, 0.4) is 0 Å². The highest BCUT2D eigenvalue weighted by molar-refractivity contribution is 7.60.